The van der Waals surface area contributed by atoms with Crippen LogP contribution < -0.4 is 10.0 Å². The van der Waals surface area contributed by atoms with E-state index in [1.165, 1.54) is 12.1 Å². The Hall–Kier alpha value is -1.12. The van der Waals surface area contributed by atoms with Gasteiger partial charge in [-0.2, -0.15) is 0 Å². The van der Waals surface area contributed by atoms with E-state index < -0.39 is 19.9 Å². The van der Waals surface area contributed by atoms with Crippen molar-refractivity contribution in [3.63, 3.8) is 0 Å². The summed E-state index contributed by atoms with van der Waals surface area (Å²) >= 11 is 0. The largest absolute Gasteiger partial charge is 0.388 e. The van der Waals surface area contributed by atoms with Gasteiger partial charge >= 0.3 is 0 Å². The quantitative estimate of drug-likeness (QED) is 0.822. The Kier molecular flexibility index (Phi) is 4.36. The normalized spacial score (nSPS) is 21.8. The van der Waals surface area contributed by atoms with Crippen LogP contribution in [0.25, 0.3) is 0 Å². The van der Waals surface area contributed by atoms with Crippen molar-refractivity contribution in [2.45, 2.75) is 11.3 Å². The standard InChI is InChI=1S/C12H18N2O4S2/c1-13-11-2-4-12(5-3-11)20(17,18)14-8-10-6-7-19(15,16)9-10/h2-5,10,13-14H,6-9H2,1H3. The van der Waals surface area contributed by atoms with Gasteiger partial charge in [-0.1, -0.05) is 0 Å². The van der Waals surface area contributed by atoms with Crippen LogP contribution in [0.15, 0.2) is 29.2 Å². The van der Waals surface area contributed by atoms with Crippen LogP contribution in [0.5, 0.6) is 0 Å². The van der Waals surface area contributed by atoms with Crippen molar-refractivity contribution in [1.82, 2.24) is 4.72 Å². The predicted molar refractivity (Wildman–Crippen MR) is 77.9 cm³/mol. The van der Waals surface area contributed by atoms with E-state index in [0.717, 1.165) is 5.69 Å². The van der Waals surface area contributed by atoms with E-state index in [4.69, 9.17) is 0 Å². The van der Waals surface area contributed by atoms with Gasteiger partial charge in [0.25, 0.3) is 0 Å². The van der Waals surface area contributed by atoms with Crippen molar-refractivity contribution in [2.24, 2.45) is 5.92 Å². The lowest BCUT2D eigenvalue weighted by Crippen LogP contribution is -2.29. The van der Waals surface area contributed by atoms with Gasteiger partial charge in [-0.05, 0) is 36.6 Å². The van der Waals surface area contributed by atoms with Gasteiger partial charge in [0.05, 0.1) is 16.4 Å². The second-order valence-electron chi connectivity index (χ2n) is 4.90. The fourth-order valence-electron chi connectivity index (χ4n) is 2.14. The minimum Gasteiger partial charge on any atom is -0.388 e. The predicted octanol–water partition coefficient (Wildman–Crippen LogP) is 0.441. The van der Waals surface area contributed by atoms with Crippen LogP contribution in [0.1, 0.15) is 6.42 Å². The highest BCUT2D eigenvalue weighted by molar-refractivity contribution is 7.91. The van der Waals surface area contributed by atoms with Gasteiger partial charge in [-0.15, -0.1) is 0 Å². The molecule has 0 saturated carbocycles. The summed E-state index contributed by atoms with van der Waals surface area (Å²) in [6.07, 6.45) is 0.517. The molecule has 2 N–H and O–H groups in total. The first-order chi connectivity index (χ1) is 9.32. The van der Waals surface area contributed by atoms with E-state index in [1.807, 2.05) is 0 Å². The third-order valence-corrected chi connectivity index (χ3v) is 6.62. The molecule has 112 valence electrons. The smallest absolute Gasteiger partial charge is 0.240 e. The summed E-state index contributed by atoms with van der Waals surface area (Å²) in [5, 5.41) is 2.91. The number of rotatable bonds is 5. The number of hydrogen-bond donors (Lipinski definition) is 2. The molecular formula is C12H18N2O4S2. The molecule has 6 nitrogen and oxygen atoms in total. The van der Waals surface area contributed by atoms with Gasteiger partial charge in [0.2, 0.25) is 10.0 Å². The zero-order valence-electron chi connectivity index (χ0n) is 11.2. The average molecular weight is 318 g/mol. The molecule has 1 heterocycles. The first kappa shape index (κ1) is 15.3. The van der Waals surface area contributed by atoms with Gasteiger partial charge < -0.3 is 5.32 Å². The van der Waals surface area contributed by atoms with E-state index >= 15 is 0 Å². The molecule has 0 aromatic heterocycles. The molecular weight excluding hydrogens is 300 g/mol. The molecule has 8 heteroatoms. The lowest BCUT2D eigenvalue weighted by Gasteiger charge is -2.11. The highest BCUT2D eigenvalue weighted by Gasteiger charge is 2.28. The number of anilines is 1. The van der Waals surface area contributed by atoms with Gasteiger partial charge in [0, 0.05) is 19.3 Å². The van der Waals surface area contributed by atoms with Crippen molar-refractivity contribution in [1.29, 1.82) is 0 Å². The van der Waals surface area contributed by atoms with E-state index in [-0.39, 0.29) is 28.9 Å². The van der Waals surface area contributed by atoms with E-state index in [2.05, 4.69) is 10.0 Å². The summed E-state index contributed by atoms with van der Waals surface area (Å²) in [6, 6.07) is 6.38. The number of sulfonamides is 1. The number of sulfone groups is 1. The topological polar surface area (TPSA) is 92.3 Å². The number of hydrogen-bond acceptors (Lipinski definition) is 5. The molecule has 2 rings (SSSR count). The van der Waals surface area contributed by atoms with Crippen molar-refractivity contribution < 1.29 is 16.8 Å². The third-order valence-electron chi connectivity index (χ3n) is 3.34. The Labute approximate surface area is 119 Å². The molecule has 1 atom stereocenters. The maximum absolute atomic E-state index is 12.1. The van der Waals surface area contributed by atoms with Gasteiger partial charge in [0.15, 0.2) is 9.84 Å². The molecule has 1 saturated heterocycles. The first-order valence-electron chi connectivity index (χ1n) is 6.30. The Morgan fingerprint density at radius 1 is 1.25 bits per heavy atom. The van der Waals surface area contributed by atoms with Crippen LogP contribution >= 0.6 is 0 Å². The first-order valence-corrected chi connectivity index (χ1v) is 9.61. The summed E-state index contributed by atoms with van der Waals surface area (Å²) < 4.78 is 49.3. The second-order valence-corrected chi connectivity index (χ2v) is 8.89. The molecule has 1 fully saturated rings. The molecule has 1 aliphatic rings. The minimum atomic E-state index is -3.58. The highest BCUT2D eigenvalue weighted by atomic mass is 32.2. The molecule has 0 bridgehead atoms. The van der Waals surface area contributed by atoms with Crippen molar-refractivity contribution in [3.05, 3.63) is 24.3 Å². The third kappa shape index (κ3) is 3.71. The Balaban J connectivity index is 2.00. The van der Waals surface area contributed by atoms with Gasteiger partial charge in [-0.25, -0.2) is 21.6 Å². The van der Waals surface area contributed by atoms with Gasteiger partial charge in [-0.3, -0.25) is 0 Å². The molecule has 0 amide bonds. The molecule has 0 spiro atoms. The monoisotopic (exact) mass is 318 g/mol. The molecule has 1 aromatic rings. The zero-order valence-corrected chi connectivity index (χ0v) is 12.8. The summed E-state index contributed by atoms with van der Waals surface area (Å²) in [5.74, 6) is 0.0798. The maximum Gasteiger partial charge on any atom is 0.240 e. The van der Waals surface area contributed by atoms with E-state index in [1.54, 1.807) is 19.2 Å². The van der Waals surface area contributed by atoms with Crippen LogP contribution in [-0.2, 0) is 19.9 Å². The fraction of sp³-hybridized carbons (Fsp3) is 0.500. The van der Waals surface area contributed by atoms with Crippen LogP contribution in [0.2, 0.25) is 0 Å². The second kappa shape index (κ2) is 5.71. The van der Waals surface area contributed by atoms with Crippen molar-refractivity contribution in [2.75, 3.05) is 30.4 Å². The Morgan fingerprint density at radius 3 is 2.40 bits per heavy atom. The van der Waals surface area contributed by atoms with Crippen molar-refractivity contribution in [3.8, 4) is 0 Å². The molecule has 20 heavy (non-hydrogen) atoms. The van der Waals surface area contributed by atoms with E-state index in [9.17, 15) is 16.8 Å². The van der Waals surface area contributed by atoms with E-state index in [0.29, 0.717) is 6.42 Å². The van der Waals surface area contributed by atoms with Crippen LogP contribution in [0.3, 0.4) is 0 Å². The molecule has 1 aliphatic heterocycles. The number of benzene rings is 1. The number of nitrogens with one attached hydrogen (secondary N) is 2. The average Bonchev–Trinajstić information content (AvgIpc) is 2.76. The Morgan fingerprint density at radius 2 is 1.90 bits per heavy atom. The lowest BCUT2D eigenvalue weighted by atomic mass is 10.1. The van der Waals surface area contributed by atoms with Crippen LogP contribution in [0.4, 0.5) is 5.69 Å². The summed E-state index contributed by atoms with van der Waals surface area (Å²) in [4.78, 5) is 0.178. The zero-order chi connectivity index (χ0) is 14.8. The van der Waals surface area contributed by atoms with Crippen LogP contribution in [0, 0.1) is 5.92 Å². The summed E-state index contributed by atoms with van der Waals surface area (Å²) in [7, 11) is -4.81. The molecule has 1 unspecified atom stereocenters. The van der Waals surface area contributed by atoms with Crippen molar-refractivity contribution >= 4 is 25.5 Å². The van der Waals surface area contributed by atoms with Crippen LogP contribution in [-0.4, -0.2) is 41.9 Å². The fourth-order valence-corrected chi connectivity index (χ4v) is 5.12. The summed E-state index contributed by atoms with van der Waals surface area (Å²) in [5.41, 5.74) is 0.825. The Bertz CT molecular complexity index is 666. The highest BCUT2D eigenvalue weighted by Crippen LogP contribution is 2.19. The molecule has 1 aromatic carbocycles. The molecule has 0 radical (unpaired) electrons. The summed E-state index contributed by atoms with van der Waals surface area (Å²) in [6.45, 7) is 0.162. The minimum absolute atomic E-state index is 0.0637. The SMILES string of the molecule is CNc1ccc(S(=O)(=O)NCC2CCS(=O)(=O)C2)cc1. The lowest BCUT2D eigenvalue weighted by molar-refractivity contribution is 0.543. The van der Waals surface area contributed by atoms with Gasteiger partial charge in [0.1, 0.15) is 0 Å². The maximum atomic E-state index is 12.1. The molecule has 0 aliphatic carbocycles.